The highest BCUT2D eigenvalue weighted by Crippen LogP contribution is 2.41. The molecule has 0 unspecified atom stereocenters. The molecule has 6 heterocycles. The van der Waals surface area contributed by atoms with Gasteiger partial charge in [0.15, 0.2) is 73.6 Å². The van der Waals surface area contributed by atoms with Gasteiger partial charge in [0.1, 0.15) is 55.2 Å². The molecule has 0 spiro atoms. The van der Waals surface area contributed by atoms with Crippen molar-refractivity contribution in [1.82, 2.24) is 23.9 Å². The lowest BCUT2D eigenvalue weighted by molar-refractivity contribution is -0.385. The van der Waals surface area contributed by atoms with Crippen molar-refractivity contribution in [2.24, 2.45) is 0 Å². The predicted octanol–water partition coefficient (Wildman–Crippen LogP) is 0.952. The Kier molecular flexibility index (Phi) is 27.8. The van der Waals surface area contributed by atoms with Crippen molar-refractivity contribution < 1.29 is 148 Å². The Labute approximate surface area is 579 Å². The number of nitro groups is 1. The summed E-state index contributed by atoms with van der Waals surface area (Å²) < 4.78 is 88.0. The Morgan fingerprint density at radius 3 is 0.961 bits per heavy atom. The molecule has 0 aliphatic carbocycles. The summed E-state index contributed by atoms with van der Waals surface area (Å²) in [4.78, 5) is 212. The van der Waals surface area contributed by atoms with Gasteiger partial charge in [-0.2, -0.15) is 0 Å². The SMILES string of the molecule is CC(=O)OC[C@H]1O[C@H](n2cc(NC(=O)c3cc(NC(=O)c4cc([N+](=O)[O-])cn4[C@H]4O[C@H](COC(C)=O)[C@@H](OC(C)=O)[C@@H](OC(C)=O)[C@H]4OC(C)=O)cn3[C@H]3O[C@H](COC(C)=O)[C@@H](OC(C)=O)[C@@H](OC(C)=O)[C@H]3OC(C)=O)cc2C(=O)NCCCN(C)C)[C@H](OC(C)=O)[C@H](OC(C)=O)[C@@H]1OC(C)=O. The molecule has 3 aromatic heterocycles. The van der Waals surface area contributed by atoms with Crippen LogP contribution in [-0.2, 0) is 129 Å². The minimum absolute atomic E-state index is 0.0148. The number of carbonyl (C=O) groups is 15. The number of carbonyl (C=O) groups excluding carboxylic acids is 15. The fourth-order valence-electron chi connectivity index (χ4n) is 11.2. The number of anilines is 2. The van der Waals surface area contributed by atoms with Crippen molar-refractivity contribution >= 4 is 106 Å². The van der Waals surface area contributed by atoms with E-state index in [-0.39, 0.29) is 12.2 Å². The van der Waals surface area contributed by atoms with Gasteiger partial charge < -0.3 is 106 Å². The molecule has 40 heteroatoms. The molecule has 40 nitrogen and oxygen atoms in total. The van der Waals surface area contributed by atoms with Gasteiger partial charge in [0.25, 0.3) is 23.4 Å². The average molecular weight is 1450 g/mol. The van der Waals surface area contributed by atoms with E-state index in [1.807, 2.05) is 4.90 Å². The lowest BCUT2D eigenvalue weighted by Crippen LogP contribution is -2.60. The molecule has 3 aliphatic heterocycles. The molecule has 102 heavy (non-hydrogen) atoms. The number of aromatic nitrogens is 3. The summed E-state index contributed by atoms with van der Waals surface area (Å²) in [5, 5.41) is 20.5. The number of nitrogens with zero attached hydrogens (tertiary/aromatic N) is 5. The van der Waals surface area contributed by atoms with Crippen LogP contribution < -0.4 is 16.0 Å². The molecule has 0 radical (unpaired) electrons. The van der Waals surface area contributed by atoms with E-state index in [0.717, 1.165) is 128 Å². The number of nitrogens with one attached hydrogen (secondary N) is 3. The monoisotopic (exact) mass is 1450 g/mol. The zero-order chi connectivity index (χ0) is 75.9. The van der Waals surface area contributed by atoms with Crippen LogP contribution in [0.5, 0.6) is 0 Å². The van der Waals surface area contributed by atoms with Crippen LogP contribution in [0, 0.1) is 10.1 Å². The highest BCUT2D eigenvalue weighted by Gasteiger charge is 2.57. The molecule has 3 fully saturated rings. The summed E-state index contributed by atoms with van der Waals surface area (Å²) in [7, 11) is 3.55. The van der Waals surface area contributed by atoms with Gasteiger partial charge in [-0.05, 0) is 39.2 Å². The van der Waals surface area contributed by atoms with Crippen LogP contribution >= 0.6 is 0 Å². The van der Waals surface area contributed by atoms with Gasteiger partial charge in [0.05, 0.1) is 22.5 Å². The van der Waals surface area contributed by atoms with E-state index in [9.17, 15) is 72.4 Å². The smallest absolute Gasteiger partial charge is 0.303 e. The maximum Gasteiger partial charge on any atom is 0.303 e. The quantitative estimate of drug-likeness (QED) is 0.0299. The molecule has 0 saturated carbocycles. The molecular formula is C62H78N8O32. The standard InChI is InChI=1S/C62H78N8O32/c1-27(71)88-24-45-48(91-30(4)74)51(94-33(7)77)54(97-36(10)80)60(100-45)67-21-39(18-42(67)57(83)63-16-15-17-66(13)14)64-58(84)43-19-40(22-68(43)61-55(98-37(11)81)52(95-34(8)78)49(92-31(5)75)46(101-61)25-89-28(2)72)65-59(85)44-20-41(70(86)87)23-69(44)62-56(99-38(12)82)53(96-35(9)79)50(93-32(6)76)47(102-62)26-90-29(3)73/h18-23,45-56,60-62H,15-17,24-26H2,1-14H3,(H,63,83)(H,64,84)(H,65,85)/t45-,46-,47-,48-,49-,50-,51-,52-,53-,54-,55-,56-,60+,61+,62+/m1/s1. The summed E-state index contributed by atoms with van der Waals surface area (Å²) in [6, 6.07) is 2.73. The van der Waals surface area contributed by atoms with Crippen molar-refractivity contribution in [2.45, 2.75) is 181 Å². The zero-order valence-corrected chi connectivity index (χ0v) is 57.7. The molecule has 3 aliphatic rings. The Morgan fingerprint density at radius 2 is 0.676 bits per heavy atom. The number of amides is 3. The molecule has 3 aromatic rings. The van der Waals surface area contributed by atoms with Gasteiger partial charge in [-0.15, -0.1) is 0 Å². The minimum atomic E-state index is -2.02. The van der Waals surface area contributed by atoms with E-state index >= 15 is 9.59 Å². The van der Waals surface area contributed by atoms with Gasteiger partial charge >= 0.3 is 71.6 Å². The second kappa shape index (κ2) is 35.4. The van der Waals surface area contributed by atoms with Crippen LogP contribution in [-0.4, -0.2) is 233 Å². The number of ether oxygens (including phenoxy) is 15. The minimum Gasteiger partial charge on any atom is -0.463 e. The van der Waals surface area contributed by atoms with E-state index in [1.165, 1.54) is 0 Å². The molecule has 3 amide bonds. The third kappa shape index (κ3) is 21.6. The zero-order valence-electron chi connectivity index (χ0n) is 57.7. The topological polar surface area (TPSA) is 492 Å². The van der Waals surface area contributed by atoms with E-state index in [2.05, 4.69) is 16.0 Å². The highest BCUT2D eigenvalue weighted by molar-refractivity contribution is 6.07. The van der Waals surface area contributed by atoms with Gasteiger partial charge in [0, 0.05) is 108 Å². The van der Waals surface area contributed by atoms with E-state index < -0.39 is 234 Å². The first kappa shape index (κ1) is 80.1. The molecular weight excluding hydrogens is 1370 g/mol. The van der Waals surface area contributed by atoms with Crippen molar-refractivity contribution in [3.05, 3.63) is 64.0 Å². The fourth-order valence-corrected chi connectivity index (χ4v) is 11.2. The predicted molar refractivity (Wildman–Crippen MR) is 333 cm³/mol. The third-order valence-electron chi connectivity index (χ3n) is 14.7. The van der Waals surface area contributed by atoms with E-state index in [1.54, 1.807) is 14.1 Å². The Morgan fingerprint density at radius 1 is 0.402 bits per heavy atom. The van der Waals surface area contributed by atoms with E-state index in [4.69, 9.17) is 71.1 Å². The van der Waals surface area contributed by atoms with Crippen LogP contribution in [0.25, 0.3) is 0 Å². The van der Waals surface area contributed by atoms with Crippen molar-refractivity contribution in [3.63, 3.8) is 0 Å². The summed E-state index contributed by atoms with van der Waals surface area (Å²) in [5.41, 5.74) is -3.48. The molecule has 0 bridgehead atoms. The lowest BCUT2D eigenvalue weighted by atomic mass is 9.97. The summed E-state index contributed by atoms with van der Waals surface area (Å²) in [6.07, 6.45) is -24.2. The summed E-state index contributed by atoms with van der Waals surface area (Å²) in [6.45, 7) is 9.76. The average Bonchev–Trinajstić information content (AvgIpc) is 1.54. The summed E-state index contributed by atoms with van der Waals surface area (Å²) in [5.74, 6) is -15.5. The highest BCUT2D eigenvalue weighted by atomic mass is 16.7. The number of hydrogen-bond donors (Lipinski definition) is 3. The molecule has 558 valence electrons. The van der Waals surface area contributed by atoms with Crippen LogP contribution in [0.1, 0.15) is 140 Å². The molecule has 15 atom stereocenters. The van der Waals surface area contributed by atoms with Crippen LogP contribution in [0.3, 0.4) is 0 Å². The second-order valence-corrected chi connectivity index (χ2v) is 23.4. The van der Waals surface area contributed by atoms with Gasteiger partial charge in [-0.25, -0.2) is 0 Å². The first-order valence-electron chi connectivity index (χ1n) is 31.1. The Bertz CT molecular complexity index is 3700. The van der Waals surface area contributed by atoms with Gasteiger partial charge in [-0.1, -0.05) is 0 Å². The third-order valence-corrected chi connectivity index (χ3v) is 14.7. The number of rotatable bonds is 28. The molecule has 6 rings (SSSR count). The maximum absolute atomic E-state index is 15.6. The van der Waals surface area contributed by atoms with Gasteiger partial charge in [-0.3, -0.25) is 82.0 Å². The van der Waals surface area contributed by atoms with Crippen LogP contribution in [0.2, 0.25) is 0 Å². The van der Waals surface area contributed by atoms with Crippen molar-refractivity contribution in [3.8, 4) is 0 Å². The van der Waals surface area contributed by atoms with Crippen molar-refractivity contribution in [1.29, 1.82) is 0 Å². The number of hydrogen-bond acceptors (Lipinski definition) is 33. The van der Waals surface area contributed by atoms with Crippen LogP contribution in [0.15, 0.2) is 36.8 Å². The molecule has 0 aromatic carbocycles. The van der Waals surface area contributed by atoms with E-state index in [0.29, 0.717) is 19.0 Å². The van der Waals surface area contributed by atoms with Gasteiger partial charge in [0.2, 0.25) is 0 Å². The van der Waals surface area contributed by atoms with Crippen molar-refractivity contribution in [2.75, 3.05) is 57.6 Å². The summed E-state index contributed by atoms with van der Waals surface area (Å²) >= 11 is 0. The normalized spacial score (nSPS) is 24.4. The second-order valence-electron chi connectivity index (χ2n) is 23.4. The van der Waals surface area contributed by atoms with Crippen LogP contribution in [0.4, 0.5) is 17.1 Å². The maximum atomic E-state index is 15.6. The Balaban J connectivity index is 1.62. The number of esters is 12. The molecule has 3 N–H and O–H groups in total. The first-order valence-corrected chi connectivity index (χ1v) is 31.1. The lowest BCUT2D eigenvalue weighted by Gasteiger charge is -2.45. The largest absolute Gasteiger partial charge is 0.463 e. The molecule has 3 saturated heterocycles. The first-order chi connectivity index (χ1) is 47.8. The fraction of sp³-hybridized carbons (Fsp3) is 0.565. The Hall–Kier alpha value is -10.9.